The van der Waals surface area contributed by atoms with Crippen molar-refractivity contribution < 1.29 is 52.2 Å². The van der Waals surface area contributed by atoms with Gasteiger partial charge in [0.1, 0.15) is 5.52 Å². The summed E-state index contributed by atoms with van der Waals surface area (Å²) in [4.78, 5) is 20.7. The Balaban J connectivity index is 0.842. The first-order valence-corrected chi connectivity index (χ1v) is 22.7. The Labute approximate surface area is 360 Å². The zero-order valence-corrected chi connectivity index (χ0v) is 36.8. The van der Waals surface area contributed by atoms with E-state index in [1.807, 2.05) is 4.68 Å². The molecule has 1 aromatic carbocycles. The molecule has 0 radical (unpaired) electrons. The van der Waals surface area contributed by atoms with Crippen LogP contribution >= 0.6 is 11.8 Å². The van der Waals surface area contributed by atoms with Gasteiger partial charge < -0.3 is 58.0 Å². The number of hydrogen-bond acceptors (Lipinski definition) is 17. The molecule has 340 valence electrons. The molecule has 0 bridgehead atoms. The van der Waals surface area contributed by atoms with Crippen molar-refractivity contribution in [3.05, 3.63) is 24.4 Å². The lowest BCUT2D eigenvalue weighted by molar-refractivity contribution is -0.112. The molecule has 0 saturated carbocycles. The number of unbranched alkanes of at least 4 members (excludes halogenated alkanes) is 1. The summed E-state index contributed by atoms with van der Waals surface area (Å²) in [6.45, 7) is 18.1. The number of aromatic nitrogens is 3. The lowest BCUT2D eigenvalue weighted by atomic mass is 10.1. The zero-order valence-electron chi connectivity index (χ0n) is 36.0. The Hall–Kier alpha value is -2.72. The number of carbonyl (C=O) groups excluding carboxylic acids is 1. The third-order valence-electron chi connectivity index (χ3n) is 9.57. The number of aryl methyl sites for hydroxylation is 1. The fourth-order valence-corrected chi connectivity index (χ4v) is 6.51. The summed E-state index contributed by atoms with van der Waals surface area (Å²) in [6.07, 6.45) is 6.51. The maximum absolute atomic E-state index is 11.1. The first kappa shape index (κ1) is 49.9. The summed E-state index contributed by atoms with van der Waals surface area (Å²) in [5.41, 5.74) is 9.20. The highest BCUT2D eigenvalue weighted by Gasteiger charge is 2.19. The standard InChI is InChI=1S/C42H70N6O11S/c1-3-4-8-48-35-38-37-6-5-36(34-39(37)44-42(43)41(38)45-48)47-11-9-46(10-12-47)13-15-51-17-19-53-21-23-55-25-27-57-29-31-59-33-32-58-30-28-56-26-24-54-22-20-52-18-16-50-14-7-40(49)60-2/h5-6,34-35H,3-4,7-33H2,1-2H3,(H2,43,44). The Morgan fingerprint density at radius 1 is 0.633 bits per heavy atom. The van der Waals surface area contributed by atoms with Gasteiger partial charge in [-0.25, -0.2) is 4.98 Å². The molecule has 4 rings (SSSR count). The van der Waals surface area contributed by atoms with E-state index in [1.54, 1.807) is 6.26 Å². The van der Waals surface area contributed by atoms with Crippen LogP contribution < -0.4 is 10.6 Å². The predicted molar refractivity (Wildman–Crippen MR) is 234 cm³/mol. The van der Waals surface area contributed by atoms with Crippen molar-refractivity contribution >= 4 is 50.2 Å². The normalized spacial score (nSPS) is 13.7. The van der Waals surface area contributed by atoms with Crippen molar-refractivity contribution in [2.75, 3.05) is 182 Å². The van der Waals surface area contributed by atoms with E-state index in [1.165, 1.54) is 17.4 Å². The third-order valence-corrected chi connectivity index (χ3v) is 10.2. The highest BCUT2D eigenvalue weighted by molar-refractivity contribution is 8.13. The van der Waals surface area contributed by atoms with Gasteiger partial charge in [0.15, 0.2) is 10.9 Å². The number of thioether (sulfide) groups is 1. The molecule has 0 amide bonds. The van der Waals surface area contributed by atoms with Crippen LogP contribution in [0.2, 0.25) is 0 Å². The molecular weight excluding hydrogens is 797 g/mol. The quantitative estimate of drug-likeness (QED) is 0.0834. The highest BCUT2D eigenvalue weighted by Crippen LogP contribution is 2.30. The number of nitrogen functional groups attached to an aromatic ring is 1. The molecule has 60 heavy (non-hydrogen) atoms. The fraction of sp³-hybridized carbons (Fsp3) is 0.738. The number of pyridine rings is 1. The van der Waals surface area contributed by atoms with Gasteiger partial charge in [0.2, 0.25) is 0 Å². The van der Waals surface area contributed by atoms with Crippen molar-refractivity contribution in [2.24, 2.45) is 0 Å². The van der Waals surface area contributed by atoms with E-state index in [2.05, 4.69) is 46.2 Å². The van der Waals surface area contributed by atoms with Gasteiger partial charge in [0, 0.05) is 68.3 Å². The Morgan fingerprint density at radius 3 is 1.57 bits per heavy atom. The van der Waals surface area contributed by atoms with E-state index in [-0.39, 0.29) is 5.12 Å². The number of hydrogen-bond donors (Lipinski definition) is 1. The molecule has 0 unspecified atom stereocenters. The molecule has 17 nitrogen and oxygen atoms in total. The summed E-state index contributed by atoms with van der Waals surface area (Å²) in [5, 5.41) is 6.98. The van der Waals surface area contributed by atoms with Crippen LogP contribution in [0.15, 0.2) is 24.4 Å². The van der Waals surface area contributed by atoms with E-state index in [0.717, 1.165) is 73.9 Å². The van der Waals surface area contributed by atoms with Gasteiger partial charge in [-0.2, -0.15) is 5.10 Å². The minimum atomic E-state index is 0.131. The Kier molecular flexibility index (Phi) is 26.7. The smallest absolute Gasteiger partial charge is 0.190 e. The minimum Gasteiger partial charge on any atom is -0.382 e. The Morgan fingerprint density at radius 2 is 1.10 bits per heavy atom. The monoisotopic (exact) mass is 866 g/mol. The first-order chi connectivity index (χ1) is 29.6. The third kappa shape index (κ3) is 20.4. The number of carbonyl (C=O) groups is 1. The van der Waals surface area contributed by atoms with Gasteiger partial charge in [-0.15, -0.1) is 0 Å². The molecular formula is C42H70N6O11S. The Bertz CT molecular complexity index is 1570. The van der Waals surface area contributed by atoms with Gasteiger partial charge >= 0.3 is 0 Å². The van der Waals surface area contributed by atoms with Gasteiger partial charge in [-0.05, 0) is 24.8 Å². The maximum Gasteiger partial charge on any atom is 0.190 e. The number of piperazine rings is 1. The zero-order chi connectivity index (χ0) is 42.3. The molecule has 18 heteroatoms. The molecule has 3 aromatic rings. The van der Waals surface area contributed by atoms with Crippen LogP contribution in [-0.4, -0.2) is 196 Å². The average molecular weight is 867 g/mol. The molecule has 2 N–H and O–H groups in total. The van der Waals surface area contributed by atoms with Gasteiger partial charge in [-0.3, -0.25) is 14.4 Å². The predicted octanol–water partition coefficient (Wildman–Crippen LogP) is 3.53. The van der Waals surface area contributed by atoms with Crippen LogP contribution in [-0.2, 0) is 58.7 Å². The molecule has 1 aliphatic heterocycles. The van der Waals surface area contributed by atoms with Crippen LogP contribution in [0.1, 0.15) is 26.2 Å². The van der Waals surface area contributed by atoms with Crippen molar-refractivity contribution in [3.8, 4) is 0 Å². The number of fused-ring (bicyclic) bond motifs is 3. The van der Waals surface area contributed by atoms with E-state index in [0.29, 0.717) is 144 Å². The van der Waals surface area contributed by atoms with Gasteiger partial charge in [0.25, 0.3) is 0 Å². The number of benzene rings is 1. The number of anilines is 2. The molecule has 0 atom stereocenters. The van der Waals surface area contributed by atoms with Crippen LogP contribution in [0, 0.1) is 0 Å². The molecule has 0 spiro atoms. The molecule has 1 saturated heterocycles. The summed E-state index contributed by atoms with van der Waals surface area (Å²) < 4.78 is 57.3. The summed E-state index contributed by atoms with van der Waals surface area (Å²) in [7, 11) is 0. The summed E-state index contributed by atoms with van der Waals surface area (Å²) in [6, 6.07) is 6.51. The molecule has 0 aliphatic carbocycles. The van der Waals surface area contributed by atoms with Crippen LogP contribution in [0.25, 0.3) is 21.8 Å². The number of ether oxygens (including phenoxy) is 10. The second-order valence-electron chi connectivity index (χ2n) is 14.0. The number of nitrogens with two attached hydrogens (primary N) is 1. The van der Waals surface area contributed by atoms with E-state index < -0.39 is 0 Å². The number of nitrogens with zero attached hydrogens (tertiary/aromatic N) is 5. The van der Waals surface area contributed by atoms with Crippen molar-refractivity contribution in [1.29, 1.82) is 0 Å². The average Bonchev–Trinajstić information content (AvgIpc) is 3.71. The van der Waals surface area contributed by atoms with Crippen molar-refractivity contribution in [1.82, 2.24) is 19.7 Å². The van der Waals surface area contributed by atoms with Crippen LogP contribution in [0.4, 0.5) is 11.5 Å². The van der Waals surface area contributed by atoms with E-state index in [9.17, 15) is 4.79 Å². The minimum absolute atomic E-state index is 0.131. The second kappa shape index (κ2) is 32.0. The highest BCUT2D eigenvalue weighted by atomic mass is 32.2. The molecule has 1 aliphatic rings. The van der Waals surface area contributed by atoms with E-state index in [4.69, 9.17) is 58.1 Å². The van der Waals surface area contributed by atoms with Crippen molar-refractivity contribution in [2.45, 2.75) is 32.7 Å². The first-order valence-electron chi connectivity index (χ1n) is 21.5. The SMILES string of the molecule is CCCCn1cc2c(n1)c(N)nc1cc(N3CCN(CCOCCOCCOCCOCCOCCOCCOCCOCCOCCOCCC(=O)SC)CC3)ccc12. The molecule has 2 aromatic heterocycles. The van der Waals surface area contributed by atoms with Gasteiger partial charge in [-0.1, -0.05) is 31.2 Å². The summed E-state index contributed by atoms with van der Waals surface area (Å²) in [5.74, 6) is 0.489. The lowest BCUT2D eigenvalue weighted by Gasteiger charge is -2.36. The van der Waals surface area contributed by atoms with Crippen molar-refractivity contribution in [3.63, 3.8) is 0 Å². The largest absolute Gasteiger partial charge is 0.382 e. The lowest BCUT2D eigenvalue weighted by Crippen LogP contribution is -2.47. The van der Waals surface area contributed by atoms with Gasteiger partial charge in [0.05, 0.1) is 138 Å². The molecule has 1 fully saturated rings. The molecule has 3 heterocycles. The topological polar surface area (TPSA) is 173 Å². The van der Waals surface area contributed by atoms with E-state index >= 15 is 0 Å². The second-order valence-corrected chi connectivity index (χ2v) is 14.8. The summed E-state index contributed by atoms with van der Waals surface area (Å²) >= 11 is 1.22. The number of rotatable bonds is 37. The van der Waals surface area contributed by atoms with Crippen LogP contribution in [0.3, 0.4) is 0 Å². The van der Waals surface area contributed by atoms with Crippen LogP contribution in [0.5, 0.6) is 0 Å². The maximum atomic E-state index is 11.1. The fourth-order valence-electron chi connectivity index (χ4n) is 6.22.